The first kappa shape index (κ1) is 13.2. The normalized spacial score (nSPS) is 18.9. The Balaban J connectivity index is 1.51. The maximum absolute atomic E-state index is 5.76. The lowest BCUT2D eigenvalue weighted by Crippen LogP contribution is -2.25. The number of ether oxygens (including phenoxy) is 2. The lowest BCUT2D eigenvalue weighted by molar-refractivity contribution is -0.0110. The van der Waals surface area contributed by atoms with Gasteiger partial charge in [-0.05, 0) is 24.8 Å². The van der Waals surface area contributed by atoms with Gasteiger partial charge in [-0.1, -0.05) is 30.3 Å². The van der Waals surface area contributed by atoms with Crippen LogP contribution in [0.15, 0.2) is 42.7 Å². The van der Waals surface area contributed by atoms with E-state index in [2.05, 4.69) is 17.2 Å². The van der Waals surface area contributed by atoms with Crippen molar-refractivity contribution in [3.05, 3.63) is 48.3 Å². The van der Waals surface area contributed by atoms with E-state index in [0.29, 0.717) is 6.61 Å². The molecule has 106 valence electrons. The van der Waals surface area contributed by atoms with Gasteiger partial charge >= 0.3 is 0 Å². The van der Waals surface area contributed by atoms with Gasteiger partial charge in [0.15, 0.2) is 5.75 Å². The van der Waals surface area contributed by atoms with E-state index in [1.54, 1.807) is 6.20 Å². The van der Waals surface area contributed by atoms with Crippen LogP contribution in [-0.4, -0.2) is 29.1 Å². The Morgan fingerprint density at radius 1 is 1.25 bits per heavy atom. The molecule has 0 aliphatic carbocycles. The van der Waals surface area contributed by atoms with Crippen LogP contribution in [0.1, 0.15) is 24.8 Å². The molecule has 4 heteroatoms. The third-order valence-corrected chi connectivity index (χ3v) is 3.51. The quantitative estimate of drug-likeness (QED) is 0.839. The maximum Gasteiger partial charge on any atom is 0.157 e. The lowest BCUT2D eigenvalue weighted by Gasteiger charge is -2.22. The molecule has 1 fully saturated rings. The van der Waals surface area contributed by atoms with Crippen molar-refractivity contribution in [2.45, 2.75) is 31.9 Å². The second-order valence-electron chi connectivity index (χ2n) is 5.16. The highest BCUT2D eigenvalue weighted by Gasteiger charge is 2.14. The van der Waals surface area contributed by atoms with Gasteiger partial charge in [-0.25, -0.2) is 0 Å². The summed E-state index contributed by atoms with van der Waals surface area (Å²) in [5, 5.41) is 4.33. The SMILES string of the molecule is c1ccc(Cn2cc(OCC3CCCCO3)cn2)cc1. The van der Waals surface area contributed by atoms with Crippen molar-refractivity contribution >= 4 is 0 Å². The van der Waals surface area contributed by atoms with Crippen LogP contribution in [0.3, 0.4) is 0 Å². The molecule has 2 aromatic rings. The fraction of sp³-hybridized carbons (Fsp3) is 0.438. The molecule has 1 unspecified atom stereocenters. The molecular formula is C16H20N2O2. The predicted molar refractivity (Wildman–Crippen MR) is 76.9 cm³/mol. The minimum atomic E-state index is 0.237. The number of hydrogen-bond donors (Lipinski definition) is 0. The number of benzene rings is 1. The van der Waals surface area contributed by atoms with Gasteiger partial charge in [-0.15, -0.1) is 0 Å². The Morgan fingerprint density at radius 2 is 2.15 bits per heavy atom. The summed E-state index contributed by atoms with van der Waals surface area (Å²) in [4.78, 5) is 0. The molecule has 1 atom stereocenters. The summed E-state index contributed by atoms with van der Waals surface area (Å²) >= 11 is 0. The van der Waals surface area contributed by atoms with Gasteiger partial charge in [0, 0.05) is 6.61 Å². The zero-order chi connectivity index (χ0) is 13.6. The molecular weight excluding hydrogens is 252 g/mol. The number of nitrogens with zero attached hydrogens (tertiary/aromatic N) is 2. The van der Waals surface area contributed by atoms with Gasteiger partial charge in [-0.2, -0.15) is 5.10 Å². The Morgan fingerprint density at radius 3 is 2.95 bits per heavy atom. The maximum atomic E-state index is 5.76. The van der Waals surface area contributed by atoms with E-state index in [1.807, 2.05) is 29.1 Å². The van der Waals surface area contributed by atoms with Crippen molar-refractivity contribution in [2.75, 3.05) is 13.2 Å². The Kier molecular flexibility index (Phi) is 4.33. The number of hydrogen-bond acceptors (Lipinski definition) is 3. The van der Waals surface area contributed by atoms with Crippen LogP contribution < -0.4 is 4.74 Å². The summed E-state index contributed by atoms with van der Waals surface area (Å²) in [5.74, 6) is 0.815. The average Bonchev–Trinajstić information content (AvgIpc) is 2.95. The van der Waals surface area contributed by atoms with Crippen LogP contribution in [0.5, 0.6) is 5.75 Å². The molecule has 4 nitrogen and oxygen atoms in total. The van der Waals surface area contributed by atoms with Gasteiger partial charge in [0.25, 0.3) is 0 Å². The minimum absolute atomic E-state index is 0.237. The number of aromatic nitrogens is 2. The molecule has 1 aliphatic heterocycles. The van der Waals surface area contributed by atoms with E-state index in [4.69, 9.17) is 9.47 Å². The highest BCUT2D eigenvalue weighted by molar-refractivity contribution is 5.17. The molecule has 0 amide bonds. The molecule has 0 spiro atoms. The smallest absolute Gasteiger partial charge is 0.157 e. The third-order valence-electron chi connectivity index (χ3n) is 3.51. The summed E-state index contributed by atoms with van der Waals surface area (Å²) < 4.78 is 13.3. The lowest BCUT2D eigenvalue weighted by atomic mass is 10.1. The van der Waals surface area contributed by atoms with Crippen molar-refractivity contribution in [3.8, 4) is 5.75 Å². The second-order valence-corrected chi connectivity index (χ2v) is 5.16. The largest absolute Gasteiger partial charge is 0.488 e. The van der Waals surface area contributed by atoms with Crippen LogP contribution in [0.2, 0.25) is 0 Å². The van der Waals surface area contributed by atoms with E-state index >= 15 is 0 Å². The first-order valence-electron chi connectivity index (χ1n) is 7.21. The third kappa shape index (κ3) is 3.61. The molecule has 1 aromatic heterocycles. The summed E-state index contributed by atoms with van der Waals surface area (Å²) in [5.41, 5.74) is 1.23. The van der Waals surface area contributed by atoms with Crippen LogP contribution in [0.25, 0.3) is 0 Å². The second kappa shape index (κ2) is 6.57. The van der Waals surface area contributed by atoms with Crippen LogP contribution in [0, 0.1) is 0 Å². The molecule has 0 bridgehead atoms. The van der Waals surface area contributed by atoms with Crippen molar-refractivity contribution < 1.29 is 9.47 Å². The zero-order valence-corrected chi connectivity index (χ0v) is 11.6. The fourth-order valence-corrected chi connectivity index (χ4v) is 2.40. The van der Waals surface area contributed by atoms with Crippen molar-refractivity contribution in [3.63, 3.8) is 0 Å². The van der Waals surface area contributed by atoms with Crippen molar-refractivity contribution in [1.29, 1.82) is 0 Å². The van der Waals surface area contributed by atoms with Crippen LogP contribution >= 0.6 is 0 Å². The van der Waals surface area contributed by atoms with E-state index in [-0.39, 0.29) is 6.10 Å². The first-order valence-corrected chi connectivity index (χ1v) is 7.21. The molecule has 20 heavy (non-hydrogen) atoms. The molecule has 0 N–H and O–H groups in total. The fourth-order valence-electron chi connectivity index (χ4n) is 2.40. The average molecular weight is 272 g/mol. The van der Waals surface area contributed by atoms with E-state index < -0.39 is 0 Å². The minimum Gasteiger partial charge on any atom is -0.488 e. The summed E-state index contributed by atoms with van der Waals surface area (Å²) in [6.07, 6.45) is 7.45. The van der Waals surface area contributed by atoms with Gasteiger partial charge in [0.05, 0.1) is 25.0 Å². The highest BCUT2D eigenvalue weighted by atomic mass is 16.5. The van der Waals surface area contributed by atoms with Crippen molar-refractivity contribution in [1.82, 2.24) is 9.78 Å². The summed E-state index contributed by atoms with van der Waals surface area (Å²) in [6, 6.07) is 10.3. The molecule has 3 rings (SSSR count). The predicted octanol–water partition coefficient (Wildman–Crippen LogP) is 2.88. The van der Waals surface area contributed by atoms with E-state index in [0.717, 1.165) is 25.3 Å². The highest BCUT2D eigenvalue weighted by Crippen LogP contribution is 2.15. The summed E-state index contributed by atoms with van der Waals surface area (Å²) in [7, 11) is 0. The molecule has 0 radical (unpaired) electrons. The Labute approximate surface area is 119 Å². The van der Waals surface area contributed by atoms with Gasteiger partial charge in [0.2, 0.25) is 0 Å². The zero-order valence-electron chi connectivity index (χ0n) is 11.6. The van der Waals surface area contributed by atoms with Crippen LogP contribution in [0.4, 0.5) is 0 Å². The first-order chi connectivity index (χ1) is 9.90. The van der Waals surface area contributed by atoms with Gasteiger partial charge in [-0.3, -0.25) is 4.68 Å². The van der Waals surface area contributed by atoms with Gasteiger partial charge in [0.1, 0.15) is 6.61 Å². The molecule has 1 saturated heterocycles. The standard InChI is InChI=1S/C16H20N2O2/c1-2-6-14(7-3-1)11-18-12-16(10-17-18)20-13-15-8-4-5-9-19-15/h1-3,6-7,10,12,15H,4-5,8-9,11,13H2. The molecule has 2 heterocycles. The monoisotopic (exact) mass is 272 g/mol. The van der Waals surface area contributed by atoms with Crippen LogP contribution in [-0.2, 0) is 11.3 Å². The van der Waals surface area contributed by atoms with E-state index in [9.17, 15) is 0 Å². The molecule has 0 saturated carbocycles. The molecule has 1 aliphatic rings. The molecule has 1 aromatic carbocycles. The topological polar surface area (TPSA) is 36.3 Å². The Bertz CT molecular complexity index is 518. The van der Waals surface area contributed by atoms with E-state index in [1.165, 1.54) is 18.4 Å². The number of rotatable bonds is 5. The van der Waals surface area contributed by atoms with Crippen molar-refractivity contribution in [2.24, 2.45) is 0 Å². The summed E-state index contributed by atoms with van der Waals surface area (Å²) in [6.45, 7) is 2.25. The van der Waals surface area contributed by atoms with Gasteiger partial charge < -0.3 is 9.47 Å². The Hall–Kier alpha value is -1.81.